The standard InChI is InChI=1S/C31H28N4O5S/c1-34-30(37)28(41-31(34)33-25-9-5-8-22(18-25)29(36)35-12-14-39-15-13-35)17-21-10-11-26(27(16-21)38-2)40-20-24-7-4-3-6-23(24)19-32/h3-11,16-18H,12-15,20H2,1-2H3/b28-17+,33-31?. The number of benzene rings is 3. The molecule has 208 valence electrons. The molecule has 2 saturated heterocycles. The van der Waals surface area contributed by atoms with Gasteiger partial charge in [0.1, 0.15) is 6.61 Å². The van der Waals surface area contributed by atoms with E-state index in [1.807, 2.05) is 30.3 Å². The van der Waals surface area contributed by atoms with Crippen LogP contribution in [-0.2, 0) is 16.1 Å². The Morgan fingerprint density at radius 2 is 1.90 bits per heavy atom. The lowest BCUT2D eigenvalue weighted by molar-refractivity contribution is -0.121. The third-order valence-electron chi connectivity index (χ3n) is 6.63. The van der Waals surface area contributed by atoms with Crippen LogP contribution >= 0.6 is 11.8 Å². The topological polar surface area (TPSA) is 104 Å². The number of carbonyl (C=O) groups excluding carboxylic acids is 2. The van der Waals surface area contributed by atoms with Crippen LogP contribution in [0.1, 0.15) is 27.0 Å². The number of nitrogens with zero attached hydrogens (tertiary/aromatic N) is 4. The van der Waals surface area contributed by atoms with Gasteiger partial charge in [0.05, 0.1) is 42.5 Å². The second-order valence-corrected chi connectivity index (χ2v) is 10.3. The summed E-state index contributed by atoms with van der Waals surface area (Å²) in [6.07, 6.45) is 1.78. The summed E-state index contributed by atoms with van der Waals surface area (Å²) in [5.41, 5.74) is 3.24. The second-order valence-electron chi connectivity index (χ2n) is 9.29. The molecule has 0 atom stereocenters. The maximum absolute atomic E-state index is 13.0. The Kier molecular flexibility index (Phi) is 8.67. The van der Waals surface area contributed by atoms with Gasteiger partial charge in [-0.05, 0) is 59.8 Å². The number of amides is 2. The molecule has 0 radical (unpaired) electrons. The van der Waals surface area contributed by atoms with Gasteiger partial charge in [0.25, 0.3) is 11.8 Å². The molecule has 41 heavy (non-hydrogen) atoms. The van der Waals surface area contributed by atoms with Gasteiger partial charge < -0.3 is 19.1 Å². The van der Waals surface area contributed by atoms with Crippen LogP contribution in [0.2, 0.25) is 0 Å². The first-order valence-electron chi connectivity index (χ1n) is 13.0. The molecule has 0 aliphatic carbocycles. The van der Waals surface area contributed by atoms with Gasteiger partial charge in [0, 0.05) is 31.3 Å². The number of methoxy groups -OCH3 is 1. The Balaban J connectivity index is 1.31. The molecule has 2 aliphatic heterocycles. The molecule has 0 aromatic heterocycles. The highest BCUT2D eigenvalue weighted by atomic mass is 32.2. The van der Waals surface area contributed by atoms with Gasteiger partial charge in [-0.3, -0.25) is 14.5 Å². The molecule has 2 fully saturated rings. The summed E-state index contributed by atoms with van der Waals surface area (Å²) < 4.78 is 16.8. The van der Waals surface area contributed by atoms with E-state index in [1.54, 1.807) is 61.5 Å². The Morgan fingerprint density at radius 1 is 1.10 bits per heavy atom. The van der Waals surface area contributed by atoms with Crippen molar-refractivity contribution < 1.29 is 23.8 Å². The van der Waals surface area contributed by atoms with E-state index in [1.165, 1.54) is 16.7 Å². The van der Waals surface area contributed by atoms with E-state index >= 15 is 0 Å². The van der Waals surface area contributed by atoms with E-state index in [9.17, 15) is 14.9 Å². The number of amidine groups is 1. The SMILES string of the molecule is COc1cc(/C=C2/SC(=Nc3cccc(C(=O)N4CCOCC4)c3)N(C)C2=O)ccc1OCc1ccccc1C#N. The number of likely N-dealkylation sites (N-methyl/N-ethyl adjacent to an activating group) is 1. The van der Waals surface area contributed by atoms with Crippen LogP contribution in [0, 0.1) is 11.3 Å². The van der Waals surface area contributed by atoms with E-state index < -0.39 is 0 Å². The number of ether oxygens (including phenoxy) is 3. The number of carbonyl (C=O) groups is 2. The number of hydrogen-bond donors (Lipinski definition) is 0. The third kappa shape index (κ3) is 6.43. The fourth-order valence-corrected chi connectivity index (χ4v) is 5.36. The average Bonchev–Trinajstić information content (AvgIpc) is 3.27. The van der Waals surface area contributed by atoms with Crippen LogP contribution < -0.4 is 9.47 Å². The number of morpholine rings is 1. The number of hydrogen-bond acceptors (Lipinski definition) is 8. The highest BCUT2D eigenvalue weighted by Crippen LogP contribution is 2.35. The van der Waals surface area contributed by atoms with Crippen molar-refractivity contribution in [2.24, 2.45) is 4.99 Å². The van der Waals surface area contributed by atoms with Gasteiger partial charge in [-0.25, -0.2) is 4.99 Å². The number of aliphatic imine (C=N–C) groups is 1. The van der Waals surface area contributed by atoms with Crippen molar-refractivity contribution >= 4 is 40.5 Å². The van der Waals surface area contributed by atoms with Gasteiger partial charge in [-0.2, -0.15) is 5.26 Å². The molecule has 0 saturated carbocycles. The lowest BCUT2D eigenvalue weighted by Gasteiger charge is -2.26. The van der Waals surface area contributed by atoms with Crippen LogP contribution in [-0.4, -0.2) is 67.2 Å². The highest BCUT2D eigenvalue weighted by Gasteiger charge is 2.30. The minimum Gasteiger partial charge on any atom is -0.493 e. The molecule has 2 aliphatic rings. The van der Waals surface area contributed by atoms with Crippen LogP contribution in [0.4, 0.5) is 5.69 Å². The quantitative estimate of drug-likeness (QED) is 0.375. The summed E-state index contributed by atoms with van der Waals surface area (Å²) in [6.45, 7) is 2.41. The van der Waals surface area contributed by atoms with E-state index in [2.05, 4.69) is 11.1 Å². The van der Waals surface area contributed by atoms with Gasteiger partial charge in [0.15, 0.2) is 16.7 Å². The van der Waals surface area contributed by atoms with Crippen molar-refractivity contribution in [2.75, 3.05) is 40.5 Å². The molecule has 5 rings (SSSR count). The minimum atomic E-state index is -0.179. The highest BCUT2D eigenvalue weighted by molar-refractivity contribution is 8.18. The Morgan fingerprint density at radius 3 is 2.68 bits per heavy atom. The minimum absolute atomic E-state index is 0.0601. The monoisotopic (exact) mass is 568 g/mol. The second kappa shape index (κ2) is 12.7. The first kappa shape index (κ1) is 28.0. The molecule has 0 spiro atoms. The summed E-state index contributed by atoms with van der Waals surface area (Å²) in [5, 5.41) is 9.83. The van der Waals surface area contributed by atoms with Crippen molar-refractivity contribution in [2.45, 2.75) is 6.61 Å². The number of nitriles is 1. The van der Waals surface area contributed by atoms with E-state index in [0.717, 1.165) is 11.1 Å². The first-order chi connectivity index (χ1) is 20.0. The lowest BCUT2D eigenvalue weighted by atomic mass is 10.1. The molecular formula is C31H28N4O5S. The van der Waals surface area contributed by atoms with Gasteiger partial charge >= 0.3 is 0 Å². The summed E-state index contributed by atoms with van der Waals surface area (Å²) in [4.78, 5) is 34.4. The molecule has 0 unspecified atom stereocenters. The maximum Gasteiger partial charge on any atom is 0.266 e. The van der Waals surface area contributed by atoms with Gasteiger partial charge in [-0.1, -0.05) is 30.3 Å². The van der Waals surface area contributed by atoms with Crippen LogP contribution in [0.3, 0.4) is 0 Å². The molecule has 0 N–H and O–H groups in total. The van der Waals surface area contributed by atoms with Crippen molar-refractivity contribution in [3.8, 4) is 17.6 Å². The smallest absolute Gasteiger partial charge is 0.266 e. The number of rotatable bonds is 7. The molecule has 9 nitrogen and oxygen atoms in total. The van der Waals surface area contributed by atoms with E-state index in [4.69, 9.17) is 14.2 Å². The zero-order valence-corrected chi connectivity index (χ0v) is 23.5. The van der Waals surface area contributed by atoms with Crippen molar-refractivity contribution in [1.82, 2.24) is 9.80 Å². The molecule has 3 aromatic carbocycles. The zero-order chi connectivity index (χ0) is 28.8. The van der Waals surface area contributed by atoms with Crippen molar-refractivity contribution in [3.05, 3.63) is 93.9 Å². The number of thioether (sulfide) groups is 1. The van der Waals surface area contributed by atoms with Crippen LogP contribution in [0.25, 0.3) is 6.08 Å². The van der Waals surface area contributed by atoms with E-state index in [0.29, 0.717) is 64.7 Å². The summed E-state index contributed by atoms with van der Waals surface area (Å²) in [6, 6.07) is 22.0. The molecule has 10 heteroatoms. The fourth-order valence-electron chi connectivity index (χ4n) is 4.37. The van der Waals surface area contributed by atoms with Crippen LogP contribution in [0.15, 0.2) is 76.6 Å². The normalized spacial score (nSPS) is 17.1. The maximum atomic E-state index is 13.0. The summed E-state index contributed by atoms with van der Waals surface area (Å²) in [5.74, 6) is 0.795. The lowest BCUT2D eigenvalue weighted by Crippen LogP contribution is -2.40. The van der Waals surface area contributed by atoms with E-state index in [-0.39, 0.29) is 18.4 Å². The average molecular weight is 569 g/mol. The zero-order valence-electron chi connectivity index (χ0n) is 22.7. The largest absolute Gasteiger partial charge is 0.493 e. The van der Waals surface area contributed by atoms with Gasteiger partial charge in [0.2, 0.25) is 0 Å². The third-order valence-corrected chi connectivity index (χ3v) is 7.69. The first-order valence-corrected chi connectivity index (χ1v) is 13.8. The predicted molar refractivity (Wildman–Crippen MR) is 157 cm³/mol. The summed E-state index contributed by atoms with van der Waals surface area (Å²) >= 11 is 1.26. The summed E-state index contributed by atoms with van der Waals surface area (Å²) in [7, 11) is 3.22. The Bertz CT molecular complexity index is 1570. The molecule has 2 heterocycles. The molecule has 3 aromatic rings. The van der Waals surface area contributed by atoms with Crippen molar-refractivity contribution in [3.63, 3.8) is 0 Å². The Labute approximate surface area is 242 Å². The molecule has 0 bridgehead atoms. The molecular weight excluding hydrogens is 540 g/mol. The fraction of sp³-hybridized carbons (Fsp3) is 0.226. The van der Waals surface area contributed by atoms with Crippen LogP contribution in [0.5, 0.6) is 11.5 Å². The van der Waals surface area contributed by atoms with Gasteiger partial charge in [-0.15, -0.1) is 0 Å². The predicted octanol–water partition coefficient (Wildman–Crippen LogP) is 4.85. The molecule has 2 amide bonds. The van der Waals surface area contributed by atoms with Crippen molar-refractivity contribution in [1.29, 1.82) is 5.26 Å². The Hall–Kier alpha value is -4.59.